The molecule has 7 nitrogen and oxygen atoms in total. The van der Waals surface area contributed by atoms with Crippen LogP contribution in [0.2, 0.25) is 5.02 Å². The second-order valence-electron chi connectivity index (χ2n) is 6.45. The average Bonchev–Trinajstić information content (AvgIpc) is 3.21. The summed E-state index contributed by atoms with van der Waals surface area (Å²) in [5.74, 6) is -0.0922. The molecule has 3 aliphatic heterocycles. The van der Waals surface area contributed by atoms with Crippen molar-refractivity contribution in [1.82, 2.24) is 9.21 Å². The summed E-state index contributed by atoms with van der Waals surface area (Å²) in [6.07, 6.45) is 3.01. The fourth-order valence-electron chi connectivity index (χ4n) is 3.75. The number of fused-ring (bicyclic) bond motifs is 2. The first-order chi connectivity index (χ1) is 12.0. The van der Waals surface area contributed by atoms with Crippen molar-refractivity contribution in [2.75, 3.05) is 19.6 Å². The highest BCUT2D eigenvalue weighted by Crippen LogP contribution is 2.36. The molecule has 0 N–H and O–H groups in total. The molecule has 2 atom stereocenters. The van der Waals surface area contributed by atoms with Gasteiger partial charge in [0, 0.05) is 30.2 Å². The average molecular weight is 381 g/mol. The van der Waals surface area contributed by atoms with Crippen LogP contribution in [0.5, 0.6) is 0 Å². The van der Waals surface area contributed by atoms with E-state index in [0.29, 0.717) is 30.2 Å². The van der Waals surface area contributed by atoms with Crippen LogP contribution in [0.15, 0.2) is 51.2 Å². The Balaban J connectivity index is 1.56. The van der Waals surface area contributed by atoms with Gasteiger partial charge in [0.2, 0.25) is 10.0 Å². The summed E-state index contributed by atoms with van der Waals surface area (Å²) in [5.41, 5.74) is 0.563. The quantitative estimate of drug-likeness (QED) is 0.804. The van der Waals surface area contributed by atoms with Crippen LogP contribution in [0.1, 0.15) is 12.8 Å². The smallest absolute Gasteiger partial charge is 0.253 e. The van der Waals surface area contributed by atoms with Crippen molar-refractivity contribution in [1.29, 1.82) is 0 Å². The zero-order chi connectivity index (χ0) is 17.6. The fourth-order valence-corrected chi connectivity index (χ4v) is 5.72. The highest BCUT2D eigenvalue weighted by molar-refractivity contribution is 7.89. The minimum Gasteiger partial charge on any atom is -0.336 e. The van der Waals surface area contributed by atoms with Gasteiger partial charge in [0.1, 0.15) is 0 Å². The number of hydrogen-bond acceptors (Lipinski definition) is 5. The van der Waals surface area contributed by atoms with Crippen molar-refractivity contribution in [3.63, 3.8) is 0 Å². The number of hydrogen-bond donors (Lipinski definition) is 0. The number of benzene rings is 1. The predicted molar refractivity (Wildman–Crippen MR) is 91.7 cm³/mol. The highest BCUT2D eigenvalue weighted by Gasteiger charge is 2.47. The third-order valence-corrected chi connectivity index (χ3v) is 7.17. The Morgan fingerprint density at radius 2 is 1.76 bits per heavy atom. The van der Waals surface area contributed by atoms with Crippen LogP contribution in [-0.2, 0) is 14.8 Å². The Kier molecular flexibility index (Phi) is 4.13. The molecule has 25 heavy (non-hydrogen) atoms. The number of likely N-dealkylation sites (tertiary alicyclic amines) is 1. The van der Waals surface area contributed by atoms with Crippen LogP contribution in [0.4, 0.5) is 0 Å². The van der Waals surface area contributed by atoms with Crippen molar-refractivity contribution in [2.24, 2.45) is 10.2 Å². The van der Waals surface area contributed by atoms with E-state index in [2.05, 4.69) is 10.2 Å². The van der Waals surface area contributed by atoms with Gasteiger partial charge >= 0.3 is 0 Å². The Labute approximate surface area is 151 Å². The Hall–Kier alpha value is -1.77. The maximum absolute atomic E-state index is 13.0. The molecule has 2 unspecified atom stereocenters. The SMILES string of the molecule is O=C(C1=CN=NC1)N1CC2CCC(C1)N2S(=O)(=O)c1ccc(Cl)cc1. The molecule has 1 aromatic carbocycles. The first-order valence-electron chi connectivity index (χ1n) is 8.11. The predicted octanol–water partition coefficient (Wildman–Crippen LogP) is 2.05. The summed E-state index contributed by atoms with van der Waals surface area (Å²) < 4.78 is 27.6. The number of rotatable bonds is 3. The van der Waals surface area contributed by atoms with E-state index in [-0.39, 0.29) is 22.9 Å². The van der Waals surface area contributed by atoms with E-state index in [9.17, 15) is 13.2 Å². The van der Waals surface area contributed by atoms with Gasteiger partial charge in [0.15, 0.2) is 0 Å². The van der Waals surface area contributed by atoms with Crippen LogP contribution < -0.4 is 0 Å². The van der Waals surface area contributed by atoms with Gasteiger partial charge in [-0.15, -0.1) is 0 Å². The van der Waals surface area contributed by atoms with Crippen LogP contribution in [-0.4, -0.2) is 55.2 Å². The molecule has 2 fully saturated rings. The number of carbonyl (C=O) groups is 1. The molecule has 0 aromatic heterocycles. The van der Waals surface area contributed by atoms with E-state index < -0.39 is 10.0 Å². The van der Waals surface area contributed by atoms with Gasteiger partial charge in [-0.05, 0) is 37.1 Å². The van der Waals surface area contributed by atoms with Crippen LogP contribution in [0.3, 0.4) is 0 Å². The molecular formula is C16H17ClN4O3S. The van der Waals surface area contributed by atoms with Gasteiger partial charge in [-0.3, -0.25) is 4.79 Å². The van der Waals surface area contributed by atoms with Crippen molar-refractivity contribution in [3.8, 4) is 0 Å². The van der Waals surface area contributed by atoms with Crippen molar-refractivity contribution < 1.29 is 13.2 Å². The molecule has 0 saturated carbocycles. The Bertz CT molecular complexity index is 852. The van der Waals surface area contributed by atoms with Gasteiger partial charge < -0.3 is 4.90 Å². The molecule has 0 spiro atoms. The standard InChI is InChI=1S/C16H17ClN4O3S/c17-12-1-5-15(6-2-12)25(23,24)21-13-3-4-14(21)10-20(9-13)16(22)11-7-18-19-8-11/h1-2,5-7,13-14H,3-4,8-10H2. The van der Waals surface area contributed by atoms with Crippen molar-refractivity contribution in [2.45, 2.75) is 29.8 Å². The third kappa shape index (κ3) is 2.88. The van der Waals surface area contributed by atoms with E-state index >= 15 is 0 Å². The number of halogens is 1. The highest BCUT2D eigenvalue weighted by atomic mass is 35.5. The van der Waals surface area contributed by atoms with Crippen LogP contribution >= 0.6 is 11.6 Å². The normalized spacial score (nSPS) is 26.1. The lowest BCUT2D eigenvalue weighted by Crippen LogP contribution is -2.57. The molecule has 9 heteroatoms. The van der Waals surface area contributed by atoms with E-state index in [4.69, 9.17) is 11.6 Å². The second-order valence-corrected chi connectivity index (χ2v) is 8.73. The van der Waals surface area contributed by atoms with E-state index in [0.717, 1.165) is 12.8 Å². The van der Waals surface area contributed by atoms with Crippen LogP contribution in [0.25, 0.3) is 0 Å². The Morgan fingerprint density at radius 1 is 1.12 bits per heavy atom. The minimum absolute atomic E-state index is 0.0922. The van der Waals surface area contributed by atoms with E-state index in [1.54, 1.807) is 21.3 Å². The maximum atomic E-state index is 13.0. The molecule has 1 amide bonds. The molecule has 0 aliphatic carbocycles. The largest absolute Gasteiger partial charge is 0.336 e. The lowest BCUT2D eigenvalue weighted by molar-refractivity contribution is -0.129. The first kappa shape index (κ1) is 16.7. The van der Waals surface area contributed by atoms with Crippen LogP contribution in [0, 0.1) is 0 Å². The third-order valence-electron chi connectivity index (χ3n) is 4.90. The number of amides is 1. The summed E-state index contributed by atoms with van der Waals surface area (Å²) in [6, 6.07) is 5.83. The molecule has 3 heterocycles. The number of carbonyl (C=O) groups excluding carboxylic acids is 1. The van der Waals surface area contributed by atoms with E-state index in [1.807, 2.05) is 0 Å². The van der Waals surface area contributed by atoms with Gasteiger partial charge in [0.05, 0.1) is 23.2 Å². The van der Waals surface area contributed by atoms with Gasteiger partial charge in [-0.2, -0.15) is 14.5 Å². The Morgan fingerprint density at radius 3 is 2.32 bits per heavy atom. The lowest BCUT2D eigenvalue weighted by atomic mass is 10.2. The summed E-state index contributed by atoms with van der Waals surface area (Å²) in [5, 5.41) is 8.03. The topological polar surface area (TPSA) is 82.4 Å². The molecule has 1 aromatic rings. The summed E-state index contributed by atoms with van der Waals surface area (Å²) in [7, 11) is -3.60. The number of piperazine rings is 1. The zero-order valence-corrected chi connectivity index (χ0v) is 14.9. The number of sulfonamides is 1. The first-order valence-corrected chi connectivity index (χ1v) is 9.92. The molecule has 132 valence electrons. The molecule has 0 radical (unpaired) electrons. The lowest BCUT2D eigenvalue weighted by Gasteiger charge is -2.40. The van der Waals surface area contributed by atoms with Gasteiger partial charge in [-0.25, -0.2) is 8.42 Å². The molecule has 2 bridgehead atoms. The fraction of sp³-hybridized carbons (Fsp3) is 0.438. The van der Waals surface area contributed by atoms with Crippen molar-refractivity contribution in [3.05, 3.63) is 41.1 Å². The minimum atomic E-state index is -3.60. The monoisotopic (exact) mass is 380 g/mol. The summed E-state index contributed by atoms with van der Waals surface area (Å²) in [6.45, 7) is 1.11. The van der Waals surface area contributed by atoms with E-state index in [1.165, 1.54) is 18.3 Å². The number of nitrogens with zero attached hydrogens (tertiary/aromatic N) is 4. The summed E-state index contributed by atoms with van der Waals surface area (Å²) >= 11 is 5.86. The second kappa shape index (κ2) is 6.19. The zero-order valence-electron chi connectivity index (χ0n) is 13.4. The molecule has 3 aliphatic rings. The van der Waals surface area contributed by atoms with Gasteiger partial charge in [0.25, 0.3) is 5.91 Å². The number of azo groups is 1. The van der Waals surface area contributed by atoms with Gasteiger partial charge in [-0.1, -0.05) is 11.6 Å². The van der Waals surface area contributed by atoms with Crippen molar-refractivity contribution >= 4 is 27.5 Å². The molecule has 2 saturated heterocycles. The summed E-state index contributed by atoms with van der Waals surface area (Å²) in [4.78, 5) is 14.5. The molecule has 4 rings (SSSR count). The molecular weight excluding hydrogens is 364 g/mol. The maximum Gasteiger partial charge on any atom is 0.253 e.